The van der Waals surface area contributed by atoms with Gasteiger partial charge < -0.3 is 9.64 Å². The van der Waals surface area contributed by atoms with Gasteiger partial charge >= 0.3 is 0 Å². The van der Waals surface area contributed by atoms with Crippen LogP contribution in [-0.2, 0) is 29.7 Å². The van der Waals surface area contributed by atoms with Crippen molar-refractivity contribution in [2.24, 2.45) is 7.05 Å². The minimum absolute atomic E-state index is 0.0235. The standard InChI is InChI=1S/C16H23N5O2S/c1-19(2)15(22)11-23-10-12-7-21(8-13-5-4-6-24-13)9-14-16(12)20(3)18-17-14/h4-6,12H,7-11H2,1-3H3. The highest BCUT2D eigenvalue weighted by Gasteiger charge is 2.30. The van der Waals surface area contributed by atoms with E-state index in [4.69, 9.17) is 4.74 Å². The van der Waals surface area contributed by atoms with E-state index in [1.165, 1.54) is 4.88 Å². The van der Waals surface area contributed by atoms with Crippen LogP contribution in [-0.4, -0.2) is 64.6 Å². The second kappa shape index (κ2) is 7.42. The summed E-state index contributed by atoms with van der Waals surface area (Å²) in [6.07, 6.45) is 0. The molecule has 0 aromatic carbocycles. The van der Waals surface area contributed by atoms with Crippen molar-refractivity contribution in [3.63, 3.8) is 0 Å². The van der Waals surface area contributed by atoms with Crippen LogP contribution in [0.1, 0.15) is 22.2 Å². The molecule has 3 heterocycles. The van der Waals surface area contributed by atoms with E-state index < -0.39 is 0 Å². The van der Waals surface area contributed by atoms with Crippen molar-refractivity contribution < 1.29 is 9.53 Å². The number of carbonyl (C=O) groups is 1. The average molecular weight is 349 g/mol. The van der Waals surface area contributed by atoms with Crippen molar-refractivity contribution in [2.45, 2.75) is 19.0 Å². The summed E-state index contributed by atoms with van der Waals surface area (Å²) in [7, 11) is 5.38. The van der Waals surface area contributed by atoms with Crippen molar-refractivity contribution >= 4 is 17.2 Å². The molecule has 0 fully saturated rings. The van der Waals surface area contributed by atoms with Crippen LogP contribution in [0, 0.1) is 0 Å². The fraction of sp³-hybridized carbons (Fsp3) is 0.562. The van der Waals surface area contributed by atoms with Crippen LogP contribution in [0.3, 0.4) is 0 Å². The summed E-state index contributed by atoms with van der Waals surface area (Å²) < 4.78 is 7.51. The monoisotopic (exact) mass is 349 g/mol. The van der Waals surface area contributed by atoms with Gasteiger partial charge in [0.2, 0.25) is 5.91 Å². The molecule has 8 heteroatoms. The fourth-order valence-electron chi connectivity index (χ4n) is 2.99. The summed E-state index contributed by atoms with van der Waals surface area (Å²) in [4.78, 5) is 16.9. The summed E-state index contributed by atoms with van der Waals surface area (Å²) in [6, 6.07) is 4.23. The topological polar surface area (TPSA) is 63.5 Å². The highest BCUT2D eigenvalue weighted by atomic mass is 32.1. The summed E-state index contributed by atoms with van der Waals surface area (Å²) in [6.45, 7) is 3.18. The average Bonchev–Trinajstić information content (AvgIpc) is 3.17. The predicted octanol–water partition coefficient (Wildman–Crippen LogP) is 1.08. The highest BCUT2D eigenvalue weighted by molar-refractivity contribution is 7.09. The Labute approximate surface area is 145 Å². The van der Waals surface area contributed by atoms with Gasteiger partial charge in [-0.25, -0.2) is 0 Å². The largest absolute Gasteiger partial charge is 0.371 e. The lowest BCUT2D eigenvalue weighted by Crippen LogP contribution is -2.36. The molecule has 0 radical (unpaired) electrons. The molecule has 0 saturated heterocycles. The Hall–Kier alpha value is -1.77. The third-order valence-corrected chi connectivity index (χ3v) is 5.05. The van der Waals surface area contributed by atoms with Crippen LogP contribution in [0.15, 0.2) is 17.5 Å². The van der Waals surface area contributed by atoms with Crippen molar-refractivity contribution in [3.05, 3.63) is 33.8 Å². The first-order valence-electron chi connectivity index (χ1n) is 7.95. The van der Waals surface area contributed by atoms with E-state index in [1.807, 2.05) is 11.7 Å². The van der Waals surface area contributed by atoms with Crippen LogP contribution < -0.4 is 0 Å². The third kappa shape index (κ3) is 3.82. The fourth-order valence-corrected chi connectivity index (χ4v) is 3.73. The van der Waals surface area contributed by atoms with Gasteiger partial charge in [0, 0.05) is 51.6 Å². The van der Waals surface area contributed by atoms with E-state index in [1.54, 1.807) is 30.3 Å². The summed E-state index contributed by atoms with van der Waals surface area (Å²) >= 11 is 1.76. The zero-order chi connectivity index (χ0) is 17.1. The first-order valence-corrected chi connectivity index (χ1v) is 8.83. The van der Waals surface area contributed by atoms with Gasteiger partial charge in [-0.15, -0.1) is 16.4 Å². The number of aryl methyl sites for hydroxylation is 1. The second-order valence-corrected chi connectivity index (χ2v) is 7.33. The SMILES string of the molecule is CN(C)C(=O)COCC1CN(Cc2cccs2)Cc2nnn(C)c21. The Kier molecular flexibility index (Phi) is 5.27. The zero-order valence-corrected chi connectivity index (χ0v) is 15.1. The summed E-state index contributed by atoms with van der Waals surface area (Å²) in [5.74, 6) is 0.147. The molecule has 2 aromatic heterocycles. The van der Waals surface area contributed by atoms with Crippen LogP contribution >= 0.6 is 11.3 Å². The van der Waals surface area contributed by atoms with Gasteiger partial charge in [-0.1, -0.05) is 11.3 Å². The number of hydrogen-bond acceptors (Lipinski definition) is 6. The number of ether oxygens (including phenoxy) is 1. The minimum Gasteiger partial charge on any atom is -0.371 e. The van der Waals surface area contributed by atoms with Gasteiger partial charge in [0.25, 0.3) is 0 Å². The van der Waals surface area contributed by atoms with Gasteiger partial charge in [0.1, 0.15) is 12.3 Å². The molecule has 1 amide bonds. The number of likely N-dealkylation sites (N-methyl/N-ethyl adjacent to an activating group) is 1. The maximum Gasteiger partial charge on any atom is 0.248 e. The third-order valence-electron chi connectivity index (χ3n) is 4.19. The molecule has 1 aliphatic rings. The predicted molar refractivity (Wildman–Crippen MR) is 91.7 cm³/mol. The molecule has 1 aliphatic heterocycles. The Morgan fingerprint density at radius 1 is 1.50 bits per heavy atom. The summed E-state index contributed by atoms with van der Waals surface area (Å²) in [5, 5.41) is 10.6. The van der Waals surface area contributed by atoms with E-state index >= 15 is 0 Å². The lowest BCUT2D eigenvalue weighted by molar-refractivity contribution is -0.133. The molecule has 0 spiro atoms. The summed E-state index contributed by atoms with van der Waals surface area (Å²) in [5.41, 5.74) is 2.13. The Morgan fingerprint density at radius 3 is 3.04 bits per heavy atom. The molecule has 2 aromatic rings. The van der Waals surface area contributed by atoms with E-state index in [9.17, 15) is 4.79 Å². The maximum atomic E-state index is 11.7. The molecule has 1 unspecified atom stereocenters. The van der Waals surface area contributed by atoms with Crippen molar-refractivity contribution in [1.29, 1.82) is 0 Å². The number of nitrogens with zero attached hydrogens (tertiary/aromatic N) is 5. The minimum atomic E-state index is -0.0235. The Balaban J connectivity index is 1.66. The quantitative estimate of drug-likeness (QED) is 0.781. The number of fused-ring (bicyclic) bond motifs is 1. The lowest BCUT2D eigenvalue weighted by Gasteiger charge is -2.31. The first kappa shape index (κ1) is 17.1. The van der Waals surface area contributed by atoms with E-state index in [0.717, 1.165) is 31.0 Å². The van der Waals surface area contributed by atoms with Gasteiger partial charge in [-0.3, -0.25) is 14.4 Å². The molecule has 24 heavy (non-hydrogen) atoms. The second-order valence-electron chi connectivity index (χ2n) is 6.29. The molecule has 0 saturated carbocycles. The normalized spacial score (nSPS) is 17.7. The van der Waals surface area contributed by atoms with Crippen LogP contribution in [0.25, 0.3) is 0 Å². The Bertz CT molecular complexity index is 683. The Morgan fingerprint density at radius 2 is 2.33 bits per heavy atom. The number of rotatable bonds is 6. The van der Waals surface area contributed by atoms with Crippen LogP contribution in [0.2, 0.25) is 0 Å². The van der Waals surface area contributed by atoms with Gasteiger partial charge in [-0.2, -0.15) is 0 Å². The van der Waals surface area contributed by atoms with Crippen molar-refractivity contribution in [1.82, 2.24) is 24.8 Å². The van der Waals surface area contributed by atoms with Gasteiger partial charge in [0.15, 0.2) is 0 Å². The smallest absolute Gasteiger partial charge is 0.248 e. The number of amides is 1. The maximum absolute atomic E-state index is 11.7. The molecule has 0 N–H and O–H groups in total. The van der Waals surface area contributed by atoms with Crippen molar-refractivity contribution in [2.75, 3.05) is 33.9 Å². The van der Waals surface area contributed by atoms with E-state index in [0.29, 0.717) is 6.61 Å². The molecule has 3 rings (SSSR count). The number of carbonyl (C=O) groups excluding carboxylic acids is 1. The van der Waals surface area contributed by atoms with Gasteiger partial charge in [-0.05, 0) is 11.4 Å². The highest BCUT2D eigenvalue weighted by Crippen LogP contribution is 2.28. The number of hydrogen-bond donors (Lipinski definition) is 0. The van der Waals surface area contributed by atoms with Crippen LogP contribution in [0.5, 0.6) is 0 Å². The lowest BCUT2D eigenvalue weighted by atomic mass is 9.99. The number of thiophene rings is 1. The van der Waals surface area contributed by atoms with E-state index in [-0.39, 0.29) is 18.4 Å². The molecular formula is C16H23N5O2S. The molecular weight excluding hydrogens is 326 g/mol. The van der Waals surface area contributed by atoms with Gasteiger partial charge in [0.05, 0.1) is 12.3 Å². The molecule has 130 valence electrons. The van der Waals surface area contributed by atoms with Crippen LogP contribution in [0.4, 0.5) is 0 Å². The zero-order valence-electron chi connectivity index (χ0n) is 14.3. The molecule has 7 nitrogen and oxygen atoms in total. The number of aromatic nitrogens is 3. The van der Waals surface area contributed by atoms with E-state index in [2.05, 4.69) is 32.7 Å². The van der Waals surface area contributed by atoms with Crippen molar-refractivity contribution in [3.8, 4) is 0 Å². The molecule has 0 aliphatic carbocycles. The first-order chi connectivity index (χ1) is 11.5. The molecule has 0 bridgehead atoms. The molecule has 1 atom stereocenters.